The molecule has 0 fully saturated rings. The third-order valence-corrected chi connectivity index (χ3v) is 5.90. The predicted molar refractivity (Wildman–Crippen MR) is 123 cm³/mol. The van der Waals surface area contributed by atoms with Crippen LogP contribution in [0.25, 0.3) is 11.3 Å². The molecular weight excluding hydrogens is 447 g/mol. The number of halogens is 1. The second-order valence-electron chi connectivity index (χ2n) is 7.77. The van der Waals surface area contributed by atoms with Gasteiger partial charge in [0.25, 0.3) is 11.5 Å². The number of aromatic amines is 1. The molecule has 8 nitrogen and oxygen atoms in total. The minimum Gasteiger partial charge on any atom is -0.451 e. The Balaban J connectivity index is 1.70. The zero-order valence-corrected chi connectivity index (χ0v) is 19.5. The van der Waals surface area contributed by atoms with Crippen molar-refractivity contribution in [3.05, 3.63) is 69.6 Å². The lowest BCUT2D eigenvalue weighted by Crippen LogP contribution is -2.48. The second kappa shape index (κ2) is 10.5. The monoisotopic (exact) mass is 472 g/mol. The van der Waals surface area contributed by atoms with E-state index in [0.717, 1.165) is 0 Å². The number of aromatic nitrogens is 2. The summed E-state index contributed by atoms with van der Waals surface area (Å²) in [5, 5.41) is 5.59. The van der Waals surface area contributed by atoms with Crippen LogP contribution in [0.5, 0.6) is 0 Å². The van der Waals surface area contributed by atoms with Crippen LogP contribution < -0.4 is 16.2 Å². The van der Waals surface area contributed by atoms with Gasteiger partial charge in [0.2, 0.25) is 5.91 Å². The van der Waals surface area contributed by atoms with Crippen LogP contribution in [0.3, 0.4) is 0 Å². The molecule has 0 aliphatic carbocycles. The van der Waals surface area contributed by atoms with Gasteiger partial charge in [-0.05, 0) is 36.6 Å². The highest BCUT2D eigenvalue weighted by atomic mass is 32.2. The number of hydrogen-bond donors (Lipinski definition) is 3. The molecule has 3 aromatic rings. The maximum atomic E-state index is 14.7. The smallest absolute Gasteiger partial charge is 0.287 e. The lowest BCUT2D eigenvalue weighted by molar-refractivity contribution is -0.123. The van der Waals surface area contributed by atoms with Crippen molar-refractivity contribution >= 4 is 23.6 Å². The number of likely N-dealkylation sites (N-methyl/N-ethyl adjacent to an activating group) is 1. The lowest BCUT2D eigenvalue weighted by Gasteiger charge is -2.19. The molecule has 3 N–H and O–H groups in total. The summed E-state index contributed by atoms with van der Waals surface area (Å²) < 4.78 is 20.3. The Morgan fingerprint density at radius 3 is 2.64 bits per heavy atom. The maximum Gasteiger partial charge on any atom is 0.287 e. The van der Waals surface area contributed by atoms with Gasteiger partial charge in [0, 0.05) is 30.1 Å². The summed E-state index contributed by atoms with van der Waals surface area (Å²) >= 11 is 1.22. The number of amides is 2. The van der Waals surface area contributed by atoms with Gasteiger partial charge < -0.3 is 20.0 Å². The van der Waals surface area contributed by atoms with Crippen LogP contribution in [-0.2, 0) is 10.5 Å². The number of aryl methyl sites for hydroxylation is 1. The summed E-state index contributed by atoms with van der Waals surface area (Å²) in [4.78, 5) is 42.9. The first-order chi connectivity index (χ1) is 15.7. The van der Waals surface area contributed by atoms with Gasteiger partial charge in [-0.25, -0.2) is 9.37 Å². The van der Waals surface area contributed by atoms with E-state index < -0.39 is 17.8 Å². The highest BCUT2D eigenvalue weighted by Gasteiger charge is 2.25. The summed E-state index contributed by atoms with van der Waals surface area (Å²) in [6.45, 7) is 5.30. The average molecular weight is 473 g/mol. The molecule has 1 aromatic carbocycles. The first kappa shape index (κ1) is 24.2. The maximum absolute atomic E-state index is 14.7. The van der Waals surface area contributed by atoms with Gasteiger partial charge in [0.05, 0.1) is 0 Å². The fraction of sp³-hybridized carbons (Fsp3) is 0.304. The number of nitrogens with zero attached hydrogens (tertiary/aromatic N) is 1. The molecule has 3 rings (SSSR count). The van der Waals surface area contributed by atoms with Crippen LogP contribution in [0.1, 0.15) is 35.5 Å². The molecular formula is C23H25FN4O4S. The Kier molecular flexibility index (Phi) is 7.70. The third kappa shape index (κ3) is 5.89. The van der Waals surface area contributed by atoms with Gasteiger partial charge in [0.15, 0.2) is 10.9 Å². The van der Waals surface area contributed by atoms with E-state index in [4.69, 9.17) is 4.42 Å². The zero-order chi connectivity index (χ0) is 24.1. The Hall–Kier alpha value is -3.40. The van der Waals surface area contributed by atoms with Crippen LogP contribution in [0.15, 0.2) is 50.9 Å². The second-order valence-corrected chi connectivity index (χ2v) is 8.73. The third-order valence-electron chi connectivity index (χ3n) is 4.97. The standard InChI is InChI=1S/C23H25FN4O4S/c1-12(2)19(22(31)25-4)27-21(30)18-8-7-17(32-18)14-5-6-15(16(24)9-14)11-33-23-26-10-13(3)20(29)28-23/h5-10,12,19H,11H2,1-4H3,(H,25,31)(H,27,30)(H,26,28,29)/t19-/m0/s1. The summed E-state index contributed by atoms with van der Waals surface area (Å²) in [7, 11) is 1.50. The van der Waals surface area contributed by atoms with Crippen LogP contribution in [0.2, 0.25) is 0 Å². The molecule has 10 heteroatoms. The zero-order valence-electron chi connectivity index (χ0n) is 18.7. The molecule has 2 heterocycles. The van der Waals surface area contributed by atoms with Crippen LogP contribution in [0.4, 0.5) is 4.39 Å². The van der Waals surface area contributed by atoms with Crippen molar-refractivity contribution in [3.63, 3.8) is 0 Å². The fourth-order valence-corrected chi connectivity index (χ4v) is 3.82. The SMILES string of the molecule is CNC(=O)[C@@H](NC(=O)c1ccc(-c2ccc(CSc3ncc(C)c(=O)[nH]3)c(F)c2)o1)C(C)C. The molecule has 33 heavy (non-hydrogen) atoms. The first-order valence-corrected chi connectivity index (χ1v) is 11.3. The number of furan rings is 1. The van der Waals surface area contributed by atoms with Gasteiger partial charge in [0.1, 0.15) is 17.6 Å². The minimum absolute atomic E-state index is 0.0222. The van der Waals surface area contributed by atoms with Crippen molar-refractivity contribution in [3.8, 4) is 11.3 Å². The fourth-order valence-electron chi connectivity index (χ4n) is 3.00. The molecule has 0 spiro atoms. The Morgan fingerprint density at radius 1 is 1.24 bits per heavy atom. The Morgan fingerprint density at radius 2 is 2.00 bits per heavy atom. The van der Waals surface area contributed by atoms with Crippen molar-refractivity contribution in [2.45, 2.75) is 37.7 Å². The van der Waals surface area contributed by atoms with Crippen molar-refractivity contribution in [1.29, 1.82) is 0 Å². The topological polar surface area (TPSA) is 117 Å². The van der Waals surface area contributed by atoms with E-state index in [1.165, 1.54) is 37.1 Å². The lowest BCUT2D eigenvalue weighted by atomic mass is 10.0. The van der Waals surface area contributed by atoms with Crippen LogP contribution in [-0.4, -0.2) is 34.9 Å². The molecule has 174 valence electrons. The van der Waals surface area contributed by atoms with E-state index in [1.807, 2.05) is 13.8 Å². The number of carbonyl (C=O) groups is 2. The van der Waals surface area contributed by atoms with Crippen molar-refractivity contribution in [2.75, 3.05) is 7.05 Å². The van der Waals surface area contributed by atoms with Crippen molar-refractivity contribution in [2.24, 2.45) is 5.92 Å². The molecule has 0 aliphatic heterocycles. The Labute approximate surface area is 194 Å². The predicted octanol–water partition coefficient (Wildman–Crippen LogP) is 3.27. The largest absolute Gasteiger partial charge is 0.451 e. The van der Waals surface area contributed by atoms with Crippen molar-refractivity contribution in [1.82, 2.24) is 20.6 Å². The Bertz CT molecular complexity index is 1220. The number of carbonyl (C=O) groups excluding carboxylic acids is 2. The molecule has 0 saturated heterocycles. The molecule has 0 unspecified atom stereocenters. The van der Waals surface area contributed by atoms with E-state index in [0.29, 0.717) is 27.6 Å². The molecule has 1 atom stereocenters. The number of thioether (sulfide) groups is 1. The number of rotatable bonds is 8. The molecule has 0 saturated carbocycles. The number of nitrogens with one attached hydrogen (secondary N) is 3. The summed E-state index contributed by atoms with van der Waals surface area (Å²) in [6.07, 6.45) is 1.48. The molecule has 2 aromatic heterocycles. The number of hydrogen-bond acceptors (Lipinski definition) is 6. The van der Waals surface area contributed by atoms with Crippen LogP contribution in [0, 0.1) is 18.7 Å². The van der Waals surface area contributed by atoms with E-state index >= 15 is 0 Å². The summed E-state index contributed by atoms with van der Waals surface area (Å²) in [6, 6.07) is 6.97. The van der Waals surface area contributed by atoms with Gasteiger partial charge >= 0.3 is 0 Å². The number of H-pyrrole nitrogens is 1. The normalized spacial score (nSPS) is 11.9. The van der Waals surface area contributed by atoms with Gasteiger partial charge in [-0.15, -0.1) is 0 Å². The van der Waals surface area contributed by atoms with E-state index in [-0.39, 0.29) is 28.9 Å². The van der Waals surface area contributed by atoms with Gasteiger partial charge in [-0.2, -0.15) is 0 Å². The molecule has 0 aliphatic rings. The van der Waals surface area contributed by atoms with Crippen LogP contribution >= 0.6 is 11.8 Å². The van der Waals surface area contributed by atoms with Crippen molar-refractivity contribution < 1.29 is 18.4 Å². The quantitative estimate of drug-likeness (QED) is 0.342. The molecule has 2 amide bonds. The van der Waals surface area contributed by atoms with E-state index in [9.17, 15) is 18.8 Å². The van der Waals surface area contributed by atoms with E-state index in [2.05, 4.69) is 20.6 Å². The molecule has 0 radical (unpaired) electrons. The highest BCUT2D eigenvalue weighted by molar-refractivity contribution is 7.98. The number of benzene rings is 1. The first-order valence-electron chi connectivity index (χ1n) is 10.3. The van der Waals surface area contributed by atoms with E-state index in [1.54, 1.807) is 25.1 Å². The van der Waals surface area contributed by atoms with Gasteiger partial charge in [-0.3, -0.25) is 14.4 Å². The summed E-state index contributed by atoms with van der Waals surface area (Å²) in [5.74, 6) is -0.771. The highest BCUT2D eigenvalue weighted by Crippen LogP contribution is 2.27. The molecule has 0 bridgehead atoms. The summed E-state index contributed by atoms with van der Waals surface area (Å²) in [5.41, 5.74) is 1.18. The average Bonchev–Trinajstić information content (AvgIpc) is 3.28. The minimum atomic E-state index is -0.705. The van der Waals surface area contributed by atoms with Gasteiger partial charge in [-0.1, -0.05) is 37.7 Å².